The summed E-state index contributed by atoms with van der Waals surface area (Å²) in [6.07, 6.45) is 14.0. The van der Waals surface area contributed by atoms with Gasteiger partial charge in [-0.2, -0.15) is 0 Å². The zero-order valence-corrected chi connectivity index (χ0v) is 26.9. The normalized spacial score (nSPS) is 17.0. The third-order valence-corrected chi connectivity index (χ3v) is 11.0. The minimum Gasteiger partial charge on any atom is -0.0648 e. The predicted molar refractivity (Wildman–Crippen MR) is 184 cm³/mol. The number of hydrogen-bond acceptors (Lipinski definition) is 0. The molecule has 0 saturated carbocycles. The van der Waals surface area contributed by atoms with Gasteiger partial charge in [0.25, 0.3) is 0 Å². The molecule has 2 aliphatic carbocycles. The summed E-state index contributed by atoms with van der Waals surface area (Å²) in [4.78, 5) is 0. The van der Waals surface area contributed by atoms with Crippen LogP contribution in [-0.4, -0.2) is 0 Å². The highest BCUT2D eigenvalue weighted by Crippen LogP contribution is 2.40. The molecule has 0 saturated heterocycles. The van der Waals surface area contributed by atoms with E-state index in [-0.39, 0.29) is 0 Å². The van der Waals surface area contributed by atoms with Gasteiger partial charge >= 0.3 is 0 Å². The van der Waals surface area contributed by atoms with Crippen LogP contribution in [0, 0.1) is 5.92 Å². The highest BCUT2D eigenvalue weighted by atomic mass is 14.3. The summed E-state index contributed by atoms with van der Waals surface area (Å²) in [5.41, 5.74) is 12.5. The van der Waals surface area contributed by atoms with Crippen molar-refractivity contribution in [3.05, 3.63) is 142 Å². The Bertz CT molecular complexity index is 1450. The first-order valence-electron chi connectivity index (χ1n) is 17.4. The Balaban J connectivity index is 1.09. The zero-order chi connectivity index (χ0) is 29.6. The average molecular weight is 569 g/mol. The van der Waals surface area contributed by atoms with Crippen molar-refractivity contribution in [1.29, 1.82) is 0 Å². The smallest absolute Gasteiger partial charge is 0.0154 e. The second kappa shape index (κ2) is 14.1. The molecule has 0 spiro atoms. The average Bonchev–Trinajstić information content (AvgIpc) is 3.01. The standard InChI is InChI=1S/C43H52/c1-4-33(40-23-19-37-21-25-42(37)30-40)28-43(35-15-9-6-10-16-35)26-31(2)12-11-17-39(34-13-7-5-8-14-34)27-32(3)38-22-18-36-20-24-41(36)29-38/h5-10,13-16,18-19,22-23,29-33,39,43H,4,11-12,17,20-21,24-28H2,1-3H3. The molecule has 5 atom stereocenters. The molecule has 224 valence electrons. The fourth-order valence-electron chi connectivity index (χ4n) is 7.99. The lowest BCUT2D eigenvalue weighted by atomic mass is 9.77. The molecule has 0 N–H and O–H groups in total. The van der Waals surface area contributed by atoms with Crippen LogP contribution in [0.1, 0.15) is 134 Å². The third kappa shape index (κ3) is 7.34. The van der Waals surface area contributed by atoms with E-state index < -0.39 is 0 Å². The quantitative estimate of drug-likeness (QED) is 0.134. The summed E-state index contributed by atoms with van der Waals surface area (Å²) in [7, 11) is 0. The number of rotatable bonds is 15. The van der Waals surface area contributed by atoms with E-state index >= 15 is 0 Å². The van der Waals surface area contributed by atoms with Crippen molar-refractivity contribution >= 4 is 0 Å². The second-order valence-electron chi connectivity index (χ2n) is 14.0. The van der Waals surface area contributed by atoms with Crippen LogP contribution in [0.4, 0.5) is 0 Å². The molecule has 0 radical (unpaired) electrons. The Kier molecular flexibility index (Phi) is 9.82. The van der Waals surface area contributed by atoms with Crippen LogP contribution in [0.15, 0.2) is 97.1 Å². The lowest BCUT2D eigenvalue weighted by Crippen LogP contribution is -2.13. The van der Waals surface area contributed by atoms with Crippen LogP contribution >= 0.6 is 0 Å². The first-order valence-corrected chi connectivity index (χ1v) is 17.4. The van der Waals surface area contributed by atoms with Gasteiger partial charge in [-0.25, -0.2) is 0 Å². The van der Waals surface area contributed by atoms with Crippen molar-refractivity contribution in [2.45, 2.75) is 115 Å². The Labute approximate surface area is 262 Å². The van der Waals surface area contributed by atoms with E-state index in [2.05, 4.69) is 118 Å². The summed E-state index contributed by atoms with van der Waals surface area (Å²) in [6.45, 7) is 7.36. The monoisotopic (exact) mass is 568 g/mol. The highest BCUT2D eigenvalue weighted by Gasteiger charge is 2.24. The van der Waals surface area contributed by atoms with E-state index in [0.29, 0.717) is 23.7 Å². The first kappa shape index (κ1) is 29.9. The molecule has 5 unspecified atom stereocenters. The van der Waals surface area contributed by atoms with E-state index in [0.717, 1.165) is 5.92 Å². The van der Waals surface area contributed by atoms with E-state index in [9.17, 15) is 0 Å². The van der Waals surface area contributed by atoms with Gasteiger partial charge in [0.05, 0.1) is 0 Å². The van der Waals surface area contributed by atoms with Crippen molar-refractivity contribution in [3.63, 3.8) is 0 Å². The minimum absolute atomic E-state index is 0.594. The van der Waals surface area contributed by atoms with Crippen molar-refractivity contribution in [3.8, 4) is 0 Å². The predicted octanol–water partition coefficient (Wildman–Crippen LogP) is 11.7. The van der Waals surface area contributed by atoms with Crippen molar-refractivity contribution in [2.75, 3.05) is 0 Å². The Hall–Kier alpha value is -3.12. The summed E-state index contributed by atoms with van der Waals surface area (Å²) in [6, 6.07) is 37.4. The van der Waals surface area contributed by atoms with E-state index in [4.69, 9.17) is 0 Å². The van der Waals surface area contributed by atoms with Gasteiger partial charge in [0.2, 0.25) is 0 Å². The maximum atomic E-state index is 2.53. The van der Waals surface area contributed by atoms with Gasteiger partial charge in [-0.3, -0.25) is 0 Å². The topological polar surface area (TPSA) is 0 Å². The molecule has 0 aromatic heterocycles. The molecule has 2 aliphatic rings. The molecule has 43 heavy (non-hydrogen) atoms. The van der Waals surface area contributed by atoms with Crippen molar-refractivity contribution in [1.82, 2.24) is 0 Å². The summed E-state index contributed by atoms with van der Waals surface area (Å²) in [5, 5.41) is 0. The number of aryl methyl sites for hydroxylation is 4. The summed E-state index contributed by atoms with van der Waals surface area (Å²) < 4.78 is 0. The van der Waals surface area contributed by atoms with Gasteiger partial charge in [0.15, 0.2) is 0 Å². The van der Waals surface area contributed by atoms with Gasteiger partial charge in [-0.05, 0) is 132 Å². The lowest BCUT2D eigenvalue weighted by molar-refractivity contribution is 0.379. The SMILES string of the molecule is CCC(CC(CC(C)CCCC(CC(C)c1ccc2c(c1)CC2)c1ccccc1)c1ccccc1)c1ccc2c(c1)CC2. The minimum atomic E-state index is 0.594. The van der Waals surface area contributed by atoms with Crippen LogP contribution in [0.2, 0.25) is 0 Å². The van der Waals surface area contributed by atoms with Gasteiger partial charge in [0.1, 0.15) is 0 Å². The van der Waals surface area contributed by atoms with Gasteiger partial charge in [-0.15, -0.1) is 0 Å². The van der Waals surface area contributed by atoms with Crippen LogP contribution in [0.3, 0.4) is 0 Å². The van der Waals surface area contributed by atoms with E-state index in [1.165, 1.54) is 87.3 Å². The largest absolute Gasteiger partial charge is 0.0648 e. The fraction of sp³-hybridized carbons (Fsp3) is 0.442. The number of hydrogen-bond donors (Lipinski definition) is 0. The molecule has 4 aromatic rings. The van der Waals surface area contributed by atoms with Crippen molar-refractivity contribution < 1.29 is 0 Å². The Morgan fingerprint density at radius 2 is 1.05 bits per heavy atom. The first-order chi connectivity index (χ1) is 21.1. The van der Waals surface area contributed by atoms with Crippen LogP contribution < -0.4 is 0 Å². The number of fused-ring (bicyclic) bond motifs is 2. The fourth-order valence-corrected chi connectivity index (χ4v) is 7.99. The maximum Gasteiger partial charge on any atom is -0.0154 e. The van der Waals surface area contributed by atoms with Crippen LogP contribution in [-0.2, 0) is 25.7 Å². The lowest BCUT2D eigenvalue weighted by Gasteiger charge is -2.28. The molecule has 0 heterocycles. The molecular formula is C43H52. The summed E-state index contributed by atoms with van der Waals surface area (Å²) in [5.74, 6) is 3.20. The van der Waals surface area contributed by atoms with Crippen LogP contribution in [0.5, 0.6) is 0 Å². The second-order valence-corrected chi connectivity index (χ2v) is 14.0. The molecule has 6 rings (SSSR count). The molecule has 0 aliphatic heterocycles. The molecule has 0 amide bonds. The maximum absolute atomic E-state index is 2.53. The van der Waals surface area contributed by atoms with E-state index in [1.54, 1.807) is 27.8 Å². The molecule has 0 bridgehead atoms. The third-order valence-electron chi connectivity index (χ3n) is 11.0. The zero-order valence-electron chi connectivity index (χ0n) is 26.9. The molecule has 0 nitrogen and oxygen atoms in total. The summed E-state index contributed by atoms with van der Waals surface area (Å²) >= 11 is 0. The Morgan fingerprint density at radius 1 is 0.488 bits per heavy atom. The molecular weight excluding hydrogens is 516 g/mol. The van der Waals surface area contributed by atoms with Gasteiger partial charge in [-0.1, -0.05) is 131 Å². The van der Waals surface area contributed by atoms with Gasteiger partial charge < -0.3 is 0 Å². The molecule has 0 fully saturated rings. The van der Waals surface area contributed by atoms with Crippen LogP contribution in [0.25, 0.3) is 0 Å². The number of benzene rings is 4. The Morgan fingerprint density at radius 3 is 1.60 bits per heavy atom. The van der Waals surface area contributed by atoms with Crippen molar-refractivity contribution in [2.24, 2.45) is 5.92 Å². The van der Waals surface area contributed by atoms with E-state index in [1.807, 2.05) is 0 Å². The van der Waals surface area contributed by atoms with Gasteiger partial charge in [0, 0.05) is 0 Å². The molecule has 0 heteroatoms. The molecule has 4 aromatic carbocycles. The highest BCUT2D eigenvalue weighted by molar-refractivity contribution is 5.41.